The molecule has 0 aliphatic rings. The van der Waals surface area contributed by atoms with Crippen molar-refractivity contribution in [3.8, 4) is 5.75 Å². The maximum absolute atomic E-state index is 10.9. The third-order valence-electron chi connectivity index (χ3n) is 2.59. The van der Waals surface area contributed by atoms with Gasteiger partial charge in [-0.05, 0) is 0 Å². The molecule has 20 heavy (non-hydrogen) atoms. The normalized spacial score (nSPS) is 13.6. The third-order valence-corrected chi connectivity index (χ3v) is 2.92. The Hall–Kier alpha value is -1.90. The first-order valence-corrected chi connectivity index (χ1v) is 5.82. The van der Waals surface area contributed by atoms with Gasteiger partial charge in [0.25, 0.3) is 0 Å². The van der Waals surface area contributed by atoms with Gasteiger partial charge in [0, 0.05) is 17.7 Å². The van der Waals surface area contributed by atoms with Crippen molar-refractivity contribution in [2.24, 2.45) is 5.73 Å². The number of aliphatic hydroxyl groups is 2. The van der Waals surface area contributed by atoms with E-state index in [0.717, 1.165) is 12.1 Å². The maximum Gasteiger partial charge on any atom is 0.311 e. The van der Waals surface area contributed by atoms with Crippen molar-refractivity contribution in [3.63, 3.8) is 0 Å². The molecule has 0 heterocycles. The minimum Gasteiger partial charge on any atom is -0.490 e. The van der Waals surface area contributed by atoms with Crippen LogP contribution in [0, 0.1) is 10.1 Å². The molecule has 0 aromatic heterocycles. The van der Waals surface area contributed by atoms with Crippen LogP contribution in [0.25, 0.3) is 0 Å². The molecule has 1 aromatic carbocycles. The Bertz CT molecular complexity index is 536. The molecule has 1 amide bonds. The number of carbonyl (C=O) groups is 1. The van der Waals surface area contributed by atoms with Crippen molar-refractivity contribution in [3.05, 3.63) is 32.8 Å². The van der Waals surface area contributed by atoms with Crippen LogP contribution < -0.4 is 10.5 Å². The largest absolute Gasteiger partial charge is 0.490 e. The molecule has 0 saturated heterocycles. The van der Waals surface area contributed by atoms with Gasteiger partial charge in [0.15, 0.2) is 5.75 Å². The molecule has 4 N–H and O–H groups in total. The minimum absolute atomic E-state index is 0.0385. The average Bonchev–Trinajstić information content (AvgIpc) is 2.36. The number of halogens is 1. The highest BCUT2D eigenvalue weighted by Crippen LogP contribution is 2.36. The number of primary amides is 1. The molecule has 0 fully saturated rings. The van der Waals surface area contributed by atoms with Crippen molar-refractivity contribution in [2.45, 2.75) is 18.6 Å². The summed E-state index contributed by atoms with van der Waals surface area (Å²) >= 11 is 5.87. The maximum atomic E-state index is 10.9. The van der Waals surface area contributed by atoms with E-state index in [1.165, 1.54) is 7.11 Å². The number of hydrogen-bond acceptors (Lipinski definition) is 6. The van der Waals surface area contributed by atoms with E-state index in [1.54, 1.807) is 0 Å². The Balaban J connectivity index is 3.21. The number of nitro benzene ring substituents is 1. The summed E-state index contributed by atoms with van der Waals surface area (Å²) in [5.74, 6) is -0.906. The van der Waals surface area contributed by atoms with Crippen LogP contribution in [0.5, 0.6) is 5.75 Å². The van der Waals surface area contributed by atoms with Crippen LogP contribution in [0.4, 0.5) is 5.69 Å². The van der Waals surface area contributed by atoms with Gasteiger partial charge < -0.3 is 20.7 Å². The molecule has 110 valence electrons. The van der Waals surface area contributed by atoms with Crippen LogP contribution >= 0.6 is 11.6 Å². The number of nitrogens with two attached hydrogens (primary N) is 1. The van der Waals surface area contributed by atoms with Gasteiger partial charge in [0.1, 0.15) is 6.10 Å². The van der Waals surface area contributed by atoms with Crippen LogP contribution in [0.2, 0.25) is 5.02 Å². The summed E-state index contributed by atoms with van der Waals surface area (Å²) in [7, 11) is 1.23. The Labute approximate surface area is 118 Å². The molecule has 0 aliphatic carbocycles. The first-order valence-electron chi connectivity index (χ1n) is 5.44. The number of carbonyl (C=O) groups excluding carboxylic acids is 1. The van der Waals surface area contributed by atoms with E-state index < -0.39 is 35.1 Å². The lowest BCUT2D eigenvalue weighted by Gasteiger charge is -2.18. The second kappa shape index (κ2) is 6.51. The number of methoxy groups -OCH3 is 1. The zero-order valence-electron chi connectivity index (χ0n) is 10.4. The lowest BCUT2D eigenvalue weighted by molar-refractivity contribution is -0.385. The molecule has 1 aromatic rings. The Morgan fingerprint density at radius 3 is 2.60 bits per heavy atom. The predicted molar refractivity (Wildman–Crippen MR) is 69.4 cm³/mol. The van der Waals surface area contributed by atoms with Crippen molar-refractivity contribution in [2.75, 3.05) is 7.11 Å². The highest BCUT2D eigenvalue weighted by Gasteiger charge is 2.27. The fourth-order valence-corrected chi connectivity index (χ4v) is 1.88. The van der Waals surface area contributed by atoms with Gasteiger partial charge in [-0.3, -0.25) is 14.9 Å². The minimum atomic E-state index is -1.58. The molecule has 0 spiro atoms. The summed E-state index contributed by atoms with van der Waals surface area (Å²) < 4.78 is 4.80. The first-order chi connectivity index (χ1) is 9.27. The van der Waals surface area contributed by atoms with Crippen molar-refractivity contribution in [1.29, 1.82) is 0 Å². The lowest BCUT2D eigenvalue weighted by Crippen LogP contribution is -2.25. The molecule has 0 radical (unpaired) electrons. The molecule has 0 bridgehead atoms. The number of hydrogen-bond donors (Lipinski definition) is 3. The fraction of sp³-hybridized carbons (Fsp3) is 0.364. The Morgan fingerprint density at radius 1 is 1.55 bits per heavy atom. The number of amides is 1. The van der Waals surface area contributed by atoms with Crippen LogP contribution in [0.1, 0.15) is 18.1 Å². The van der Waals surface area contributed by atoms with Crippen LogP contribution in [0.3, 0.4) is 0 Å². The van der Waals surface area contributed by atoms with Gasteiger partial charge in [0.05, 0.1) is 29.6 Å². The lowest BCUT2D eigenvalue weighted by atomic mass is 10.0. The summed E-state index contributed by atoms with van der Waals surface area (Å²) in [6.45, 7) is 0. The van der Waals surface area contributed by atoms with Gasteiger partial charge in [-0.1, -0.05) is 11.6 Å². The first kappa shape index (κ1) is 16.2. The van der Waals surface area contributed by atoms with Gasteiger partial charge in [-0.15, -0.1) is 0 Å². The number of nitrogens with zero attached hydrogens (tertiary/aromatic N) is 1. The van der Waals surface area contributed by atoms with Crippen LogP contribution in [-0.4, -0.2) is 34.3 Å². The van der Waals surface area contributed by atoms with E-state index in [4.69, 9.17) is 22.1 Å². The number of aliphatic hydroxyl groups excluding tert-OH is 2. The van der Waals surface area contributed by atoms with Crippen molar-refractivity contribution in [1.82, 2.24) is 0 Å². The Kier molecular flexibility index (Phi) is 5.26. The van der Waals surface area contributed by atoms with Crippen LogP contribution in [0.15, 0.2) is 12.1 Å². The van der Waals surface area contributed by atoms with E-state index >= 15 is 0 Å². The standard InChI is InChI=1S/C11H13ClN2O6/c1-20-9-3-6(12)5(2-7(9)14(18)19)11(17)8(15)4-10(13)16/h2-3,8,11,15,17H,4H2,1H3,(H2,13,16). The molecular weight excluding hydrogens is 292 g/mol. The predicted octanol–water partition coefficient (Wildman–Crippen LogP) is 0.527. The smallest absolute Gasteiger partial charge is 0.311 e. The average molecular weight is 305 g/mol. The SMILES string of the molecule is COc1cc(Cl)c(C(O)C(O)CC(N)=O)cc1[N+](=O)[O-]. The summed E-state index contributed by atoms with van der Waals surface area (Å²) in [4.78, 5) is 20.9. The highest BCUT2D eigenvalue weighted by atomic mass is 35.5. The van der Waals surface area contributed by atoms with E-state index in [1.807, 2.05) is 0 Å². The topological polar surface area (TPSA) is 136 Å². The number of ether oxygens (including phenoxy) is 1. The molecule has 2 atom stereocenters. The highest BCUT2D eigenvalue weighted by molar-refractivity contribution is 6.31. The van der Waals surface area contributed by atoms with Gasteiger partial charge in [-0.2, -0.15) is 0 Å². The van der Waals surface area contributed by atoms with Gasteiger partial charge in [0.2, 0.25) is 5.91 Å². The van der Waals surface area contributed by atoms with Gasteiger partial charge in [-0.25, -0.2) is 0 Å². The summed E-state index contributed by atoms with van der Waals surface area (Å²) in [5.41, 5.74) is 4.39. The number of rotatable bonds is 6. The monoisotopic (exact) mass is 304 g/mol. The summed E-state index contributed by atoms with van der Waals surface area (Å²) in [6.07, 6.45) is -3.60. The fourth-order valence-electron chi connectivity index (χ4n) is 1.62. The molecule has 8 nitrogen and oxygen atoms in total. The van der Waals surface area contributed by atoms with E-state index in [-0.39, 0.29) is 16.3 Å². The molecule has 0 aliphatic heterocycles. The van der Waals surface area contributed by atoms with Gasteiger partial charge >= 0.3 is 5.69 Å². The second-order valence-electron chi connectivity index (χ2n) is 3.99. The molecule has 2 unspecified atom stereocenters. The molecule has 1 rings (SSSR count). The second-order valence-corrected chi connectivity index (χ2v) is 4.39. The Morgan fingerprint density at radius 2 is 2.15 bits per heavy atom. The quantitative estimate of drug-likeness (QED) is 0.518. The van der Waals surface area contributed by atoms with Crippen molar-refractivity contribution < 1.29 is 24.7 Å². The molecule has 0 saturated carbocycles. The van der Waals surface area contributed by atoms with Crippen molar-refractivity contribution >= 4 is 23.2 Å². The molecular formula is C11H13ClN2O6. The number of nitro groups is 1. The summed E-state index contributed by atoms with van der Waals surface area (Å²) in [6, 6.07) is 2.13. The zero-order chi connectivity index (χ0) is 15.4. The van der Waals surface area contributed by atoms with E-state index in [9.17, 15) is 25.1 Å². The number of benzene rings is 1. The third kappa shape index (κ3) is 3.56. The van der Waals surface area contributed by atoms with Crippen LogP contribution in [-0.2, 0) is 4.79 Å². The molecule has 9 heteroatoms. The van der Waals surface area contributed by atoms with E-state index in [0.29, 0.717) is 0 Å². The zero-order valence-corrected chi connectivity index (χ0v) is 11.2. The summed E-state index contributed by atoms with van der Waals surface area (Å²) in [5, 5.41) is 30.3. The van der Waals surface area contributed by atoms with E-state index in [2.05, 4.69) is 0 Å².